The Morgan fingerprint density at radius 3 is 2.59 bits per heavy atom. The summed E-state index contributed by atoms with van der Waals surface area (Å²) in [6.45, 7) is 0. The number of amides is 1. The Morgan fingerprint density at radius 1 is 1.41 bits per heavy atom. The second kappa shape index (κ2) is 6.14. The van der Waals surface area contributed by atoms with E-state index >= 15 is 0 Å². The fourth-order valence-corrected chi connectivity index (χ4v) is 1.77. The maximum atomic E-state index is 11.7. The van der Waals surface area contributed by atoms with Gasteiger partial charge in [-0.15, -0.1) is 0 Å². The van der Waals surface area contributed by atoms with Crippen LogP contribution in [0.15, 0.2) is 24.3 Å². The molecule has 0 aliphatic rings. The van der Waals surface area contributed by atoms with Crippen LogP contribution in [0.5, 0.6) is 0 Å². The number of nitrogens with zero attached hydrogens (tertiary/aromatic N) is 1. The maximum absolute atomic E-state index is 11.7. The van der Waals surface area contributed by atoms with E-state index in [4.69, 9.17) is 0 Å². The molecule has 2 N–H and O–H groups in total. The molecule has 1 aromatic rings. The van der Waals surface area contributed by atoms with Crippen LogP contribution in [-0.2, 0) is 0 Å². The second-order valence-electron chi connectivity index (χ2n) is 3.99. The van der Waals surface area contributed by atoms with Crippen LogP contribution in [-0.4, -0.2) is 46.5 Å². The van der Waals surface area contributed by atoms with Gasteiger partial charge < -0.3 is 15.1 Å². The first-order chi connectivity index (χ1) is 7.97. The predicted octanol–water partition coefficient (Wildman–Crippen LogP) is 1.18. The van der Waals surface area contributed by atoms with Crippen LogP contribution < -0.4 is 0 Å². The third kappa shape index (κ3) is 3.52. The third-order valence-corrected chi connectivity index (χ3v) is 3.07. The molecule has 0 aliphatic heterocycles. The van der Waals surface area contributed by atoms with E-state index in [9.17, 15) is 15.0 Å². The van der Waals surface area contributed by atoms with Gasteiger partial charge in [-0.1, -0.05) is 28.1 Å². The summed E-state index contributed by atoms with van der Waals surface area (Å²) >= 11 is 3.10. The van der Waals surface area contributed by atoms with E-state index in [2.05, 4.69) is 15.9 Å². The molecule has 0 saturated heterocycles. The first-order valence-electron chi connectivity index (χ1n) is 5.21. The summed E-state index contributed by atoms with van der Waals surface area (Å²) in [5.74, 6) is -0.132. The standard InChI is InChI=1S/C12H16BrNO3/c1-14(2)12(17)9-5-3-4-8(6-9)11(16)10(15)7-13/h3-6,10-11,15-16H,7H2,1-2H3. The second-order valence-corrected chi connectivity index (χ2v) is 4.64. The minimum absolute atomic E-state index is 0.132. The maximum Gasteiger partial charge on any atom is 0.253 e. The Balaban J connectivity index is 2.97. The fraction of sp³-hybridized carbons (Fsp3) is 0.417. The molecule has 0 aromatic heterocycles. The van der Waals surface area contributed by atoms with Crippen molar-refractivity contribution in [2.75, 3.05) is 19.4 Å². The molecule has 5 heteroatoms. The smallest absolute Gasteiger partial charge is 0.253 e. The SMILES string of the molecule is CN(C)C(=O)c1cccc(C(O)C(O)CBr)c1. The number of halogens is 1. The molecular formula is C12H16BrNO3. The van der Waals surface area contributed by atoms with Gasteiger partial charge >= 0.3 is 0 Å². The summed E-state index contributed by atoms with van der Waals surface area (Å²) in [5, 5.41) is 19.6. The highest BCUT2D eigenvalue weighted by molar-refractivity contribution is 9.09. The van der Waals surface area contributed by atoms with Gasteiger partial charge in [0.25, 0.3) is 5.91 Å². The molecule has 0 saturated carbocycles. The minimum Gasteiger partial charge on any atom is -0.389 e. The van der Waals surface area contributed by atoms with Gasteiger partial charge in [-0.05, 0) is 17.7 Å². The van der Waals surface area contributed by atoms with Crippen LogP contribution in [0.4, 0.5) is 0 Å². The minimum atomic E-state index is -0.996. The molecular weight excluding hydrogens is 286 g/mol. The highest BCUT2D eigenvalue weighted by atomic mass is 79.9. The normalized spacial score (nSPS) is 14.2. The van der Waals surface area contributed by atoms with Gasteiger partial charge in [-0.25, -0.2) is 0 Å². The van der Waals surface area contributed by atoms with Gasteiger partial charge in [-0.3, -0.25) is 4.79 Å². The molecule has 0 radical (unpaired) electrons. The number of benzene rings is 1. The van der Waals surface area contributed by atoms with Crippen LogP contribution in [0.3, 0.4) is 0 Å². The predicted molar refractivity (Wildman–Crippen MR) is 69.2 cm³/mol. The van der Waals surface area contributed by atoms with Crippen LogP contribution >= 0.6 is 15.9 Å². The Kier molecular flexibility index (Phi) is 5.11. The average molecular weight is 302 g/mol. The van der Waals surface area contributed by atoms with E-state index in [0.717, 1.165) is 0 Å². The van der Waals surface area contributed by atoms with Crippen LogP contribution in [0, 0.1) is 0 Å². The number of hydrogen-bond acceptors (Lipinski definition) is 3. The Morgan fingerprint density at radius 2 is 2.06 bits per heavy atom. The number of alkyl halides is 1. The van der Waals surface area contributed by atoms with Crippen molar-refractivity contribution >= 4 is 21.8 Å². The zero-order chi connectivity index (χ0) is 13.0. The number of hydrogen-bond donors (Lipinski definition) is 2. The van der Waals surface area contributed by atoms with Gasteiger partial charge in [-0.2, -0.15) is 0 Å². The third-order valence-electron chi connectivity index (χ3n) is 2.40. The molecule has 1 amide bonds. The largest absolute Gasteiger partial charge is 0.389 e. The zero-order valence-electron chi connectivity index (χ0n) is 9.80. The zero-order valence-corrected chi connectivity index (χ0v) is 11.4. The lowest BCUT2D eigenvalue weighted by Crippen LogP contribution is -2.23. The van der Waals surface area contributed by atoms with Crippen molar-refractivity contribution in [1.29, 1.82) is 0 Å². The summed E-state index contributed by atoms with van der Waals surface area (Å²) in [6, 6.07) is 6.65. The Hall–Kier alpha value is -0.910. The lowest BCUT2D eigenvalue weighted by molar-refractivity contribution is 0.0342. The molecule has 1 rings (SSSR count). The molecule has 0 bridgehead atoms. The van der Waals surface area contributed by atoms with Crippen molar-refractivity contribution in [3.8, 4) is 0 Å². The quantitative estimate of drug-likeness (QED) is 0.821. The van der Waals surface area contributed by atoms with Gasteiger partial charge in [0.05, 0.1) is 6.10 Å². The molecule has 2 atom stereocenters. The van der Waals surface area contributed by atoms with Gasteiger partial charge in [0.15, 0.2) is 0 Å². The molecule has 2 unspecified atom stereocenters. The van der Waals surface area contributed by atoms with Crippen molar-refractivity contribution in [3.05, 3.63) is 35.4 Å². The van der Waals surface area contributed by atoms with Gasteiger partial charge in [0, 0.05) is 25.0 Å². The topological polar surface area (TPSA) is 60.8 Å². The van der Waals surface area contributed by atoms with Crippen molar-refractivity contribution in [1.82, 2.24) is 4.90 Å². The van der Waals surface area contributed by atoms with E-state index in [-0.39, 0.29) is 11.2 Å². The van der Waals surface area contributed by atoms with Crippen molar-refractivity contribution in [2.45, 2.75) is 12.2 Å². The van der Waals surface area contributed by atoms with Crippen LogP contribution in [0.25, 0.3) is 0 Å². The van der Waals surface area contributed by atoms with Crippen LogP contribution in [0.2, 0.25) is 0 Å². The highest BCUT2D eigenvalue weighted by Crippen LogP contribution is 2.19. The molecule has 94 valence electrons. The van der Waals surface area contributed by atoms with Gasteiger partial charge in [0.2, 0.25) is 0 Å². The number of aliphatic hydroxyl groups is 2. The van der Waals surface area contributed by atoms with Crippen LogP contribution in [0.1, 0.15) is 22.0 Å². The van der Waals surface area contributed by atoms with E-state index in [1.165, 1.54) is 4.90 Å². The summed E-state index contributed by atoms with van der Waals surface area (Å²) in [7, 11) is 3.33. The number of carbonyl (C=O) groups is 1. The van der Waals surface area contributed by atoms with Crippen molar-refractivity contribution < 1.29 is 15.0 Å². The highest BCUT2D eigenvalue weighted by Gasteiger charge is 2.18. The monoisotopic (exact) mass is 301 g/mol. The summed E-state index contributed by atoms with van der Waals surface area (Å²) in [6.07, 6.45) is -1.89. The molecule has 0 fully saturated rings. The number of carbonyl (C=O) groups excluding carboxylic acids is 1. The fourth-order valence-electron chi connectivity index (χ4n) is 1.42. The molecule has 0 heterocycles. The Labute approximate surface area is 109 Å². The van der Waals surface area contributed by atoms with E-state index in [1.54, 1.807) is 38.4 Å². The van der Waals surface area contributed by atoms with E-state index in [0.29, 0.717) is 11.1 Å². The summed E-state index contributed by atoms with van der Waals surface area (Å²) in [4.78, 5) is 13.2. The first-order valence-corrected chi connectivity index (χ1v) is 6.33. The lowest BCUT2D eigenvalue weighted by Gasteiger charge is -2.17. The summed E-state index contributed by atoms with van der Waals surface area (Å²) in [5.41, 5.74) is 1.03. The molecule has 0 aliphatic carbocycles. The average Bonchev–Trinajstić information content (AvgIpc) is 2.35. The summed E-state index contributed by atoms with van der Waals surface area (Å²) < 4.78 is 0. The van der Waals surface area contributed by atoms with E-state index < -0.39 is 12.2 Å². The van der Waals surface area contributed by atoms with Gasteiger partial charge in [0.1, 0.15) is 6.10 Å². The molecule has 0 spiro atoms. The van der Waals surface area contributed by atoms with Crippen molar-refractivity contribution in [2.24, 2.45) is 0 Å². The lowest BCUT2D eigenvalue weighted by atomic mass is 10.0. The van der Waals surface area contributed by atoms with Crippen molar-refractivity contribution in [3.63, 3.8) is 0 Å². The number of aliphatic hydroxyl groups excluding tert-OH is 2. The Bertz CT molecular complexity index is 395. The first kappa shape index (κ1) is 14.2. The number of rotatable bonds is 4. The molecule has 17 heavy (non-hydrogen) atoms. The molecule has 1 aromatic carbocycles. The molecule has 4 nitrogen and oxygen atoms in total. The van der Waals surface area contributed by atoms with E-state index in [1.807, 2.05) is 0 Å².